The quantitative estimate of drug-likeness (QED) is 0.773. The van der Waals surface area contributed by atoms with Crippen LogP contribution in [0.4, 0.5) is 5.82 Å². The number of fused-ring (bicyclic) bond motifs is 1. The van der Waals surface area contributed by atoms with Crippen molar-refractivity contribution in [3.8, 4) is 5.75 Å². The average molecular weight is 308 g/mol. The van der Waals surface area contributed by atoms with E-state index < -0.39 is 0 Å². The first-order valence-corrected chi connectivity index (χ1v) is 6.84. The molecule has 0 spiro atoms. The maximum absolute atomic E-state index is 6.16. The van der Waals surface area contributed by atoms with Gasteiger partial charge in [-0.25, -0.2) is 15.0 Å². The number of H-pyrrole nitrogens is 1. The topological polar surface area (TPSA) is 89.7 Å². The van der Waals surface area contributed by atoms with Gasteiger partial charge >= 0.3 is 0 Å². The second-order valence-electron chi connectivity index (χ2n) is 3.90. The van der Waals surface area contributed by atoms with Crippen molar-refractivity contribution in [1.29, 1.82) is 0 Å². The van der Waals surface area contributed by atoms with E-state index in [-0.39, 0.29) is 0 Å². The van der Waals surface area contributed by atoms with Crippen LogP contribution in [0.5, 0.6) is 5.75 Å². The Morgan fingerprint density at radius 1 is 1.35 bits per heavy atom. The van der Waals surface area contributed by atoms with Crippen molar-refractivity contribution in [1.82, 2.24) is 19.9 Å². The lowest BCUT2D eigenvalue weighted by Gasteiger charge is -2.04. The predicted molar refractivity (Wildman–Crippen MR) is 78.2 cm³/mol. The first-order valence-electron chi connectivity index (χ1n) is 5.65. The molecule has 8 heteroatoms. The Hall–Kier alpha value is -1.99. The van der Waals surface area contributed by atoms with Gasteiger partial charge in [0.15, 0.2) is 16.6 Å². The second kappa shape index (κ2) is 5.18. The minimum absolute atomic E-state index is 0.367. The van der Waals surface area contributed by atoms with Gasteiger partial charge in [-0.3, -0.25) is 0 Å². The standard InChI is InChI=1S/C12H10ClN5OS/c1-19-6-2-3-7(13)8(4-6)20-12-17-9-10(14)15-5-16-11(9)18-12/h2-5H,1H3,(H3,14,15,16,17,18). The highest BCUT2D eigenvalue weighted by Gasteiger charge is 2.11. The van der Waals surface area contributed by atoms with Crippen LogP contribution in [0.2, 0.25) is 5.02 Å². The first kappa shape index (κ1) is 13.0. The van der Waals surface area contributed by atoms with E-state index in [4.69, 9.17) is 22.1 Å². The molecule has 0 fully saturated rings. The summed E-state index contributed by atoms with van der Waals surface area (Å²) in [6.45, 7) is 0. The highest BCUT2D eigenvalue weighted by atomic mass is 35.5. The molecule has 6 nitrogen and oxygen atoms in total. The van der Waals surface area contributed by atoms with Crippen LogP contribution in [-0.2, 0) is 0 Å². The molecule has 0 bridgehead atoms. The summed E-state index contributed by atoms with van der Waals surface area (Å²) in [6, 6.07) is 5.42. The number of nitrogens with zero attached hydrogens (tertiary/aromatic N) is 3. The average Bonchev–Trinajstić information content (AvgIpc) is 2.85. The molecule has 0 aliphatic rings. The summed E-state index contributed by atoms with van der Waals surface area (Å²) in [5.74, 6) is 1.10. The molecule has 0 radical (unpaired) electrons. The van der Waals surface area contributed by atoms with E-state index in [9.17, 15) is 0 Å². The van der Waals surface area contributed by atoms with Crippen LogP contribution < -0.4 is 10.5 Å². The number of rotatable bonds is 3. The summed E-state index contributed by atoms with van der Waals surface area (Å²) in [5.41, 5.74) is 6.91. The van der Waals surface area contributed by atoms with Gasteiger partial charge in [0.2, 0.25) is 0 Å². The van der Waals surface area contributed by atoms with Gasteiger partial charge in [-0.15, -0.1) is 0 Å². The SMILES string of the molecule is COc1ccc(Cl)c(Sc2nc3ncnc(N)c3[nH]2)c1. The monoisotopic (exact) mass is 307 g/mol. The van der Waals surface area contributed by atoms with E-state index in [1.54, 1.807) is 19.2 Å². The molecular weight excluding hydrogens is 298 g/mol. The molecule has 0 saturated carbocycles. The number of methoxy groups -OCH3 is 1. The van der Waals surface area contributed by atoms with Gasteiger partial charge in [0.25, 0.3) is 0 Å². The molecule has 0 unspecified atom stereocenters. The maximum Gasteiger partial charge on any atom is 0.183 e. The molecule has 2 heterocycles. The lowest BCUT2D eigenvalue weighted by atomic mass is 10.3. The van der Waals surface area contributed by atoms with Crippen molar-refractivity contribution in [2.75, 3.05) is 12.8 Å². The molecule has 0 aliphatic carbocycles. The Labute approximate surface area is 123 Å². The van der Waals surface area contributed by atoms with Crippen LogP contribution in [0.3, 0.4) is 0 Å². The van der Waals surface area contributed by atoms with Gasteiger partial charge < -0.3 is 15.5 Å². The fourth-order valence-corrected chi connectivity index (χ4v) is 2.73. The first-order chi connectivity index (χ1) is 9.67. The van der Waals surface area contributed by atoms with E-state index in [0.29, 0.717) is 27.2 Å². The van der Waals surface area contributed by atoms with Crippen molar-refractivity contribution in [3.63, 3.8) is 0 Å². The van der Waals surface area contributed by atoms with Gasteiger partial charge in [0.05, 0.1) is 12.1 Å². The molecule has 102 valence electrons. The number of nitrogen functional groups attached to an aromatic ring is 1. The third-order valence-electron chi connectivity index (χ3n) is 2.64. The van der Waals surface area contributed by atoms with Crippen LogP contribution in [0.25, 0.3) is 11.2 Å². The lowest BCUT2D eigenvalue weighted by molar-refractivity contribution is 0.413. The Morgan fingerprint density at radius 2 is 2.20 bits per heavy atom. The Morgan fingerprint density at radius 3 is 2.95 bits per heavy atom. The van der Waals surface area contributed by atoms with Crippen LogP contribution in [0.1, 0.15) is 0 Å². The normalized spacial score (nSPS) is 10.9. The molecule has 0 saturated heterocycles. The number of aromatic nitrogens is 4. The van der Waals surface area contributed by atoms with E-state index in [2.05, 4.69) is 19.9 Å². The van der Waals surface area contributed by atoms with Gasteiger partial charge in [0, 0.05) is 4.90 Å². The molecule has 2 aromatic heterocycles. The Kier molecular flexibility index (Phi) is 3.37. The van der Waals surface area contributed by atoms with Crippen molar-refractivity contribution in [2.45, 2.75) is 10.1 Å². The molecule has 0 atom stereocenters. The number of imidazole rings is 1. The minimum Gasteiger partial charge on any atom is -0.497 e. The zero-order valence-electron chi connectivity index (χ0n) is 10.4. The number of halogens is 1. The van der Waals surface area contributed by atoms with Crippen LogP contribution in [0, 0.1) is 0 Å². The smallest absolute Gasteiger partial charge is 0.183 e. The summed E-state index contributed by atoms with van der Waals surface area (Å²) in [5, 5.41) is 1.26. The zero-order valence-corrected chi connectivity index (χ0v) is 12.0. The van der Waals surface area contributed by atoms with Crippen LogP contribution >= 0.6 is 23.4 Å². The van der Waals surface area contributed by atoms with E-state index >= 15 is 0 Å². The van der Waals surface area contributed by atoms with E-state index in [1.807, 2.05) is 6.07 Å². The summed E-state index contributed by atoms with van der Waals surface area (Å²) in [4.78, 5) is 16.2. The van der Waals surface area contributed by atoms with Gasteiger partial charge in [0.1, 0.15) is 17.6 Å². The highest BCUT2D eigenvalue weighted by Crippen LogP contribution is 2.35. The summed E-state index contributed by atoms with van der Waals surface area (Å²) < 4.78 is 5.18. The number of aromatic amines is 1. The largest absolute Gasteiger partial charge is 0.497 e. The third-order valence-corrected chi connectivity index (χ3v) is 4.03. The molecular formula is C12H10ClN5OS. The molecule has 3 aromatic rings. The molecule has 0 aliphatic heterocycles. The molecule has 1 aromatic carbocycles. The summed E-state index contributed by atoms with van der Waals surface area (Å²) in [6.07, 6.45) is 1.38. The van der Waals surface area contributed by atoms with Gasteiger partial charge in [-0.05, 0) is 18.2 Å². The number of nitrogens with one attached hydrogen (secondary N) is 1. The maximum atomic E-state index is 6.16. The van der Waals surface area contributed by atoms with Crippen molar-refractivity contribution in [3.05, 3.63) is 29.5 Å². The second-order valence-corrected chi connectivity index (χ2v) is 5.34. The van der Waals surface area contributed by atoms with Crippen molar-refractivity contribution in [2.24, 2.45) is 0 Å². The Balaban J connectivity index is 1.99. The Bertz CT molecular complexity index is 776. The number of nitrogens with two attached hydrogens (primary N) is 1. The van der Waals surface area contributed by atoms with Crippen molar-refractivity contribution >= 4 is 40.3 Å². The number of hydrogen-bond donors (Lipinski definition) is 2. The van der Waals surface area contributed by atoms with Gasteiger partial charge in [-0.1, -0.05) is 23.4 Å². The number of ether oxygens (including phenoxy) is 1. The fraction of sp³-hybridized carbons (Fsp3) is 0.0833. The minimum atomic E-state index is 0.367. The predicted octanol–water partition coefficient (Wildman–Crippen LogP) is 2.75. The molecule has 3 rings (SSSR count). The number of benzene rings is 1. The molecule has 3 N–H and O–H groups in total. The van der Waals surface area contributed by atoms with E-state index in [1.165, 1.54) is 18.1 Å². The molecule has 0 amide bonds. The van der Waals surface area contributed by atoms with Crippen LogP contribution in [-0.4, -0.2) is 27.0 Å². The van der Waals surface area contributed by atoms with E-state index in [0.717, 1.165) is 10.6 Å². The van der Waals surface area contributed by atoms with Gasteiger partial charge in [-0.2, -0.15) is 0 Å². The number of anilines is 1. The lowest BCUT2D eigenvalue weighted by Crippen LogP contribution is -1.91. The zero-order chi connectivity index (χ0) is 14.1. The van der Waals surface area contributed by atoms with Crippen molar-refractivity contribution < 1.29 is 4.74 Å². The summed E-state index contributed by atoms with van der Waals surface area (Å²) >= 11 is 7.54. The third kappa shape index (κ3) is 2.37. The summed E-state index contributed by atoms with van der Waals surface area (Å²) in [7, 11) is 1.61. The molecule has 20 heavy (non-hydrogen) atoms. The van der Waals surface area contributed by atoms with Crippen LogP contribution in [0.15, 0.2) is 34.6 Å². The fourth-order valence-electron chi connectivity index (χ4n) is 1.67. The highest BCUT2D eigenvalue weighted by molar-refractivity contribution is 7.99. The number of hydrogen-bond acceptors (Lipinski definition) is 6.